The average molecular weight is 422 g/mol. The molecule has 3 rings (SSSR count). The van der Waals surface area contributed by atoms with Crippen LogP contribution >= 0.6 is 0 Å². The quantitative estimate of drug-likeness (QED) is 0.755. The molecule has 1 aromatic rings. The SMILES string of the molecule is CCCCS(=O)(=O)N1CCC(C(=O)N2Cc3ccccc3C[C@@H]2C(=O)NC)CC1. The minimum absolute atomic E-state index is 0.0429. The Morgan fingerprint density at radius 3 is 2.41 bits per heavy atom. The highest BCUT2D eigenvalue weighted by Crippen LogP contribution is 2.28. The van der Waals surface area contributed by atoms with Gasteiger partial charge < -0.3 is 10.2 Å². The molecule has 0 saturated carbocycles. The Morgan fingerprint density at radius 2 is 1.79 bits per heavy atom. The van der Waals surface area contributed by atoms with E-state index in [-0.39, 0.29) is 23.5 Å². The number of fused-ring (bicyclic) bond motifs is 1. The van der Waals surface area contributed by atoms with Crippen molar-refractivity contribution < 1.29 is 18.0 Å². The number of likely N-dealkylation sites (N-methyl/N-ethyl adjacent to an activating group) is 1. The average Bonchev–Trinajstić information content (AvgIpc) is 2.75. The summed E-state index contributed by atoms with van der Waals surface area (Å²) in [5, 5.41) is 2.68. The van der Waals surface area contributed by atoms with Gasteiger partial charge in [0.05, 0.1) is 5.75 Å². The maximum absolute atomic E-state index is 13.3. The minimum atomic E-state index is -3.24. The molecule has 2 heterocycles. The van der Waals surface area contributed by atoms with Crippen LogP contribution in [0.25, 0.3) is 0 Å². The van der Waals surface area contributed by atoms with E-state index in [2.05, 4.69) is 5.32 Å². The zero-order valence-electron chi connectivity index (χ0n) is 17.3. The van der Waals surface area contributed by atoms with Crippen LogP contribution in [0, 0.1) is 5.92 Å². The normalized spacial score (nSPS) is 20.9. The fourth-order valence-corrected chi connectivity index (χ4v) is 5.91. The lowest BCUT2D eigenvalue weighted by atomic mass is 9.90. The van der Waals surface area contributed by atoms with Crippen molar-refractivity contribution in [3.05, 3.63) is 35.4 Å². The number of carbonyl (C=O) groups is 2. The van der Waals surface area contributed by atoms with Crippen LogP contribution in [0.1, 0.15) is 43.7 Å². The number of rotatable bonds is 6. The fraction of sp³-hybridized carbons (Fsp3) is 0.619. The molecule has 1 fully saturated rings. The molecular weight excluding hydrogens is 390 g/mol. The van der Waals surface area contributed by atoms with E-state index in [9.17, 15) is 18.0 Å². The molecule has 29 heavy (non-hydrogen) atoms. The van der Waals surface area contributed by atoms with Gasteiger partial charge in [0.25, 0.3) is 0 Å². The monoisotopic (exact) mass is 421 g/mol. The van der Waals surface area contributed by atoms with E-state index in [1.807, 2.05) is 31.2 Å². The second-order valence-corrected chi connectivity index (χ2v) is 10.0. The van der Waals surface area contributed by atoms with E-state index in [1.54, 1.807) is 11.9 Å². The van der Waals surface area contributed by atoms with Gasteiger partial charge in [-0.3, -0.25) is 9.59 Å². The largest absolute Gasteiger partial charge is 0.357 e. The van der Waals surface area contributed by atoms with Crippen molar-refractivity contribution in [2.75, 3.05) is 25.9 Å². The molecule has 160 valence electrons. The highest BCUT2D eigenvalue weighted by Gasteiger charge is 2.39. The molecule has 2 aliphatic rings. The van der Waals surface area contributed by atoms with Gasteiger partial charge in [0.2, 0.25) is 21.8 Å². The van der Waals surface area contributed by atoms with Crippen LogP contribution < -0.4 is 5.32 Å². The third-order valence-electron chi connectivity index (χ3n) is 6.03. The van der Waals surface area contributed by atoms with E-state index in [4.69, 9.17) is 0 Å². The lowest BCUT2D eigenvalue weighted by molar-refractivity contribution is -0.145. The molecule has 0 radical (unpaired) electrons. The smallest absolute Gasteiger partial charge is 0.242 e. The standard InChI is InChI=1S/C21H31N3O4S/c1-3-4-13-29(27,28)23-11-9-16(10-12-23)21(26)24-15-18-8-6-5-7-17(18)14-19(24)20(25)22-2/h5-8,16,19H,3-4,9-15H2,1-2H3,(H,22,25)/t19-/m1/s1. The van der Waals surface area contributed by atoms with Crippen LogP contribution in [-0.2, 0) is 32.6 Å². The summed E-state index contributed by atoms with van der Waals surface area (Å²) >= 11 is 0. The van der Waals surface area contributed by atoms with E-state index in [0.717, 1.165) is 17.5 Å². The van der Waals surface area contributed by atoms with Gasteiger partial charge in [-0.15, -0.1) is 0 Å². The highest BCUT2D eigenvalue weighted by molar-refractivity contribution is 7.89. The van der Waals surface area contributed by atoms with Crippen molar-refractivity contribution in [3.63, 3.8) is 0 Å². The van der Waals surface area contributed by atoms with Crippen LogP contribution in [0.3, 0.4) is 0 Å². The molecule has 0 aliphatic carbocycles. The van der Waals surface area contributed by atoms with Crippen molar-refractivity contribution in [2.45, 2.75) is 51.6 Å². The summed E-state index contributed by atoms with van der Waals surface area (Å²) in [6.07, 6.45) is 3.01. The number of amides is 2. The van der Waals surface area contributed by atoms with Gasteiger partial charge in [0.15, 0.2) is 0 Å². The Bertz CT molecular complexity index is 847. The van der Waals surface area contributed by atoms with E-state index >= 15 is 0 Å². The summed E-state index contributed by atoms with van der Waals surface area (Å²) < 4.78 is 26.4. The summed E-state index contributed by atoms with van der Waals surface area (Å²) in [7, 11) is -1.65. The number of benzene rings is 1. The molecule has 0 bridgehead atoms. The van der Waals surface area contributed by atoms with Crippen LogP contribution in [0.5, 0.6) is 0 Å². The zero-order chi connectivity index (χ0) is 21.0. The van der Waals surface area contributed by atoms with E-state index in [0.29, 0.717) is 45.3 Å². The predicted molar refractivity (Wildman–Crippen MR) is 112 cm³/mol. The Hall–Kier alpha value is -1.93. The molecule has 7 nitrogen and oxygen atoms in total. The van der Waals surface area contributed by atoms with Crippen LogP contribution in [0.2, 0.25) is 0 Å². The summed E-state index contributed by atoms with van der Waals surface area (Å²) in [5.74, 6) is -0.278. The second kappa shape index (κ2) is 9.26. The summed E-state index contributed by atoms with van der Waals surface area (Å²) in [4.78, 5) is 27.5. The van der Waals surface area contributed by atoms with Gasteiger partial charge >= 0.3 is 0 Å². The maximum Gasteiger partial charge on any atom is 0.242 e. The van der Waals surface area contributed by atoms with Crippen molar-refractivity contribution in [3.8, 4) is 0 Å². The maximum atomic E-state index is 13.3. The molecule has 2 amide bonds. The Labute approximate surface area is 173 Å². The molecular formula is C21H31N3O4S. The summed E-state index contributed by atoms with van der Waals surface area (Å²) in [6, 6.07) is 7.38. The first-order chi connectivity index (χ1) is 13.9. The third-order valence-corrected chi connectivity index (χ3v) is 7.99. The predicted octanol–water partition coefficient (Wildman–Crippen LogP) is 1.53. The van der Waals surface area contributed by atoms with Gasteiger partial charge in [-0.25, -0.2) is 12.7 Å². The molecule has 0 aromatic heterocycles. The number of hydrogen-bond acceptors (Lipinski definition) is 4. The fourth-order valence-electron chi connectivity index (χ4n) is 4.23. The van der Waals surface area contributed by atoms with Crippen molar-refractivity contribution in [1.82, 2.24) is 14.5 Å². The van der Waals surface area contributed by atoms with Gasteiger partial charge in [-0.2, -0.15) is 0 Å². The molecule has 1 atom stereocenters. The number of sulfonamides is 1. The van der Waals surface area contributed by atoms with Gasteiger partial charge in [-0.1, -0.05) is 37.6 Å². The minimum Gasteiger partial charge on any atom is -0.357 e. The number of carbonyl (C=O) groups excluding carboxylic acids is 2. The van der Waals surface area contributed by atoms with Crippen molar-refractivity contribution >= 4 is 21.8 Å². The van der Waals surface area contributed by atoms with Crippen molar-refractivity contribution in [2.24, 2.45) is 5.92 Å². The van der Waals surface area contributed by atoms with Gasteiger partial charge in [0, 0.05) is 39.0 Å². The lowest BCUT2D eigenvalue weighted by Crippen LogP contribution is -2.54. The molecule has 2 aliphatic heterocycles. The second-order valence-electron chi connectivity index (χ2n) is 7.91. The number of hydrogen-bond donors (Lipinski definition) is 1. The molecule has 0 spiro atoms. The molecule has 1 saturated heterocycles. The highest BCUT2D eigenvalue weighted by atomic mass is 32.2. The first-order valence-corrected chi connectivity index (χ1v) is 12.0. The summed E-state index contributed by atoms with van der Waals surface area (Å²) in [5.41, 5.74) is 2.17. The van der Waals surface area contributed by atoms with E-state index < -0.39 is 16.1 Å². The number of nitrogens with zero attached hydrogens (tertiary/aromatic N) is 2. The zero-order valence-corrected chi connectivity index (χ0v) is 18.1. The number of unbranched alkanes of at least 4 members (excludes halogenated alkanes) is 1. The van der Waals surface area contributed by atoms with E-state index in [1.165, 1.54) is 4.31 Å². The molecule has 1 aromatic carbocycles. The number of piperidine rings is 1. The Kier molecular flexibility index (Phi) is 6.95. The topological polar surface area (TPSA) is 86.8 Å². The Balaban J connectivity index is 1.70. The van der Waals surface area contributed by atoms with Crippen molar-refractivity contribution in [1.29, 1.82) is 0 Å². The first kappa shape index (κ1) is 21.8. The van der Waals surface area contributed by atoms with Gasteiger partial charge in [-0.05, 0) is 30.4 Å². The van der Waals surface area contributed by atoms with Crippen LogP contribution in [-0.4, -0.2) is 61.4 Å². The van der Waals surface area contributed by atoms with Crippen LogP contribution in [0.4, 0.5) is 0 Å². The first-order valence-electron chi connectivity index (χ1n) is 10.4. The number of nitrogens with one attached hydrogen (secondary N) is 1. The van der Waals surface area contributed by atoms with Crippen LogP contribution in [0.15, 0.2) is 24.3 Å². The van der Waals surface area contributed by atoms with Gasteiger partial charge in [0.1, 0.15) is 6.04 Å². The molecule has 1 N–H and O–H groups in total. The Morgan fingerprint density at radius 1 is 1.14 bits per heavy atom. The molecule has 8 heteroatoms. The molecule has 0 unspecified atom stereocenters. The third kappa shape index (κ3) is 4.80. The lowest BCUT2D eigenvalue weighted by Gasteiger charge is -2.39. The summed E-state index contributed by atoms with van der Waals surface area (Å²) in [6.45, 7) is 3.14.